The van der Waals surface area contributed by atoms with Crippen molar-refractivity contribution in [3.63, 3.8) is 0 Å². The highest BCUT2D eigenvalue weighted by Crippen LogP contribution is 2.40. The van der Waals surface area contributed by atoms with Crippen LogP contribution in [0.2, 0.25) is 5.02 Å². The Balaban J connectivity index is 1.62. The zero-order chi connectivity index (χ0) is 24.2. The van der Waals surface area contributed by atoms with Crippen molar-refractivity contribution in [2.24, 2.45) is 7.05 Å². The van der Waals surface area contributed by atoms with Crippen LogP contribution in [0.25, 0.3) is 21.3 Å². The molecule has 0 aliphatic heterocycles. The molecule has 1 atom stereocenters. The number of nitrogens with zero attached hydrogens (tertiary/aromatic N) is 4. The molecule has 8 nitrogen and oxygen atoms in total. The predicted octanol–water partition coefficient (Wildman–Crippen LogP) is 5.43. The van der Waals surface area contributed by atoms with Crippen molar-refractivity contribution in [3.8, 4) is 11.1 Å². The predicted molar refractivity (Wildman–Crippen MR) is 136 cm³/mol. The highest BCUT2D eigenvalue weighted by Gasteiger charge is 2.25. The monoisotopic (exact) mass is 515 g/mol. The van der Waals surface area contributed by atoms with Gasteiger partial charge in [-0.1, -0.05) is 42.4 Å². The van der Waals surface area contributed by atoms with Crippen LogP contribution in [0, 0.1) is 0 Å². The van der Waals surface area contributed by atoms with E-state index in [1.165, 1.54) is 40.3 Å². The second-order valence-electron chi connectivity index (χ2n) is 7.27. The number of carbonyl (C=O) groups excluding carboxylic acids is 2. The van der Waals surface area contributed by atoms with Crippen LogP contribution in [0.15, 0.2) is 47.2 Å². The van der Waals surface area contributed by atoms with Crippen molar-refractivity contribution in [1.82, 2.24) is 19.7 Å². The Kier molecular flexibility index (Phi) is 7.50. The molecule has 0 aliphatic carbocycles. The smallest absolute Gasteiger partial charge is 0.343 e. The minimum Gasteiger partial charge on any atom is -0.462 e. The van der Waals surface area contributed by atoms with Crippen molar-refractivity contribution < 1.29 is 14.3 Å². The number of thioether (sulfide) groups is 1. The number of aromatic nitrogens is 4. The standard InChI is InChI=1S/C23H22ClN5O3S2/c1-4-17(20(30)28-19-15(10-27-29(19)3)23(31)32-5-2)34-22-18-16(11-33-21(18)25-12-26-22)13-6-8-14(24)9-7-13/h6-12,17H,4-5H2,1-3H3,(H,28,30). The first-order chi connectivity index (χ1) is 16.4. The molecule has 0 bridgehead atoms. The molecular weight excluding hydrogens is 494 g/mol. The summed E-state index contributed by atoms with van der Waals surface area (Å²) in [4.78, 5) is 35.2. The number of carbonyl (C=O) groups is 2. The molecule has 0 saturated carbocycles. The van der Waals surface area contributed by atoms with Crippen LogP contribution in [0.3, 0.4) is 0 Å². The molecule has 1 N–H and O–H groups in total. The molecule has 176 valence electrons. The number of benzene rings is 1. The molecule has 0 aliphatic rings. The summed E-state index contributed by atoms with van der Waals surface area (Å²) in [5.74, 6) is -0.487. The Morgan fingerprint density at radius 3 is 2.71 bits per heavy atom. The van der Waals surface area contributed by atoms with Gasteiger partial charge < -0.3 is 10.1 Å². The Bertz CT molecular complexity index is 1340. The van der Waals surface area contributed by atoms with Gasteiger partial charge in [-0.05, 0) is 31.0 Å². The Hall–Kier alpha value is -2.95. The van der Waals surface area contributed by atoms with Crippen molar-refractivity contribution in [2.75, 3.05) is 11.9 Å². The molecule has 1 unspecified atom stereocenters. The Morgan fingerprint density at radius 2 is 2.00 bits per heavy atom. The molecular formula is C23H22ClN5O3S2. The van der Waals surface area contributed by atoms with E-state index in [1.807, 2.05) is 36.6 Å². The fraction of sp³-hybridized carbons (Fsp3) is 0.261. The number of esters is 1. The van der Waals surface area contributed by atoms with Crippen molar-refractivity contribution >= 4 is 62.6 Å². The summed E-state index contributed by atoms with van der Waals surface area (Å²) in [6, 6.07) is 7.59. The van der Waals surface area contributed by atoms with Crippen LogP contribution in [0.1, 0.15) is 30.6 Å². The van der Waals surface area contributed by atoms with E-state index >= 15 is 0 Å². The number of amides is 1. The normalized spacial score (nSPS) is 12.0. The molecule has 1 amide bonds. The molecule has 0 saturated heterocycles. The molecule has 0 radical (unpaired) electrons. The number of thiophene rings is 1. The summed E-state index contributed by atoms with van der Waals surface area (Å²) in [6.45, 7) is 3.88. The maximum absolute atomic E-state index is 13.2. The summed E-state index contributed by atoms with van der Waals surface area (Å²) < 4.78 is 6.52. The zero-order valence-electron chi connectivity index (χ0n) is 18.7. The van der Waals surface area contributed by atoms with E-state index in [-0.39, 0.29) is 18.1 Å². The van der Waals surface area contributed by atoms with Gasteiger partial charge in [-0.3, -0.25) is 9.48 Å². The number of hydrogen-bond acceptors (Lipinski definition) is 8. The molecule has 34 heavy (non-hydrogen) atoms. The van der Waals surface area contributed by atoms with Crippen molar-refractivity contribution in [1.29, 1.82) is 0 Å². The van der Waals surface area contributed by atoms with Gasteiger partial charge in [0.05, 0.1) is 23.4 Å². The summed E-state index contributed by atoms with van der Waals surface area (Å²) in [5.41, 5.74) is 2.20. The van der Waals surface area contributed by atoms with Gasteiger partial charge >= 0.3 is 5.97 Å². The van der Waals surface area contributed by atoms with E-state index in [9.17, 15) is 9.59 Å². The maximum atomic E-state index is 13.2. The highest BCUT2D eigenvalue weighted by molar-refractivity contribution is 8.00. The van der Waals surface area contributed by atoms with E-state index in [0.29, 0.717) is 22.3 Å². The lowest BCUT2D eigenvalue weighted by molar-refractivity contribution is -0.115. The summed E-state index contributed by atoms with van der Waals surface area (Å²) in [5, 5.41) is 10.8. The number of hydrogen-bond donors (Lipinski definition) is 1. The van der Waals surface area contributed by atoms with Crippen molar-refractivity contribution in [2.45, 2.75) is 30.5 Å². The van der Waals surface area contributed by atoms with Gasteiger partial charge in [0, 0.05) is 23.0 Å². The quantitative estimate of drug-likeness (QED) is 0.190. The second-order valence-corrected chi connectivity index (χ2v) is 9.76. The van der Waals surface area contributed by atoms with Crippen LogP contribution in [0.4, 0.5) is 5.82 Å². The molecule has 0 fully saturated rings. The Labute approximate surface area is 209 Å². The molecule has 1 aromatic carbocycles. The van der Waals surface area contributed by atoms with Gasteiger partial charge in [0.25, 0.3) is 0 Å². The lowest BCUT2D eigenvalue weighted by atomic mass is 10.1. The first kappa shape index (κ1) is 24.2. The first-order valence-corrected chi connectivity index (χ1v) is 12.7. The molecule has 3 aromatic heterocycles. The molecule has 0 spiro atoms. The number of ether oxygens (including phenoxy) is 1. The van der Waals surface area contributed by atoms with E-state index < -0.39 is 11.2 Å². The lowest BCUT2D eigenvalue weighted by Gasteiger charge is -2.16. The van der Waals surface area contributed by atoms with Gasteiger partial charge in [0.15, 0.2) is 0 Å². The average molecular weight is 516 g/mol. The van der Waals surface area contributed by atoms with Gasteiger partial charge in [0.2, 0.25) is 5.91 Å². The van der Waals surface area contributed by atoms with Gasteiger partial charge in [-0.2, -0.15) is 5.10 Å². The molecule has 11 heteroatoms. The van der Waals surface area contributed by atoms with E-state index in [1.54, 1.807) is 14.0 Å². The zero-order valence-corrected chi connectivity index (χ0v) is 21.1. The maximum Gasteiger partial charge on any atom is 0.343 e. The van der Waals surface area contributed by atoms with Crippen LogP contribution in [0.5, 0.6) is 0 Å². The number of halogens is 1. The van der Waals surface area contributed by atoms with Crippen LogP contribution >= 0.6 is 34.7 Å². The highest BCUT2D eigenvalue weighted by atomic mass is 35.5. The second kappa shape index (κ2) is 10.5. The van der Waals surface area contributed by atoms with E-state index in [0.717, 1.165) is 21.3 Å². The van der Waals surface area contributed by atoms with Gasteiger partial charge in [-0.25, -0.2) is 14.8 Å². The van der Waals surface area contributed by atoms with Gasteiger partial charge in [0.1, 0.15) is 27.6 Å². The SMILES string of the molecule is CCOC(=O)c1cnn(C)c1NC(=O)C(CC)Sc1ncnc2scc(-c3ccc(Cl)cc3)c12. The lowest BCUT2D eigenvalue weighted by Crippen LogP contribution is -2.27. The van der Waals surface area contributed by atoms with E-state index in [4.69, 9.17) is 16.3 Å². The number of aryl methyl sites for hydroxylation is 1. The molecule has 3 heterocycles. The number of nitrogens with one attached hydrogen (secondary N) is 1. The van der Waals surface area contributed by atoms with E-state index in [2.05, 4.69) is 20.4 Å². The summed E-state index contributed by atoms with van der Waals surface area (Å²) in [7, 11) is 1.66. The first-order valence-electron chi connectivity index (χ1n) is 10.6. The minimum atomic E-state index is -0.532. The van der Waals surface area contributed by atoms with Crippen LogP contribution in [-0.2, 0) is 16.6 Å². The fourth-order valence-electron chi connectivity index (χ4n) is 3.38. The minimum absolute atomic E-state index is 0.213. The Morgan fingerprint density at radius 1 is 1.24 bits per heavy atom. The third-order valence-electron chi connectivity index (χ3n) is 5.08. The number of rotatable bonds is 8. The summed E-state index contributed by atoms with van der Waals surface area (Å²) >= 11 is 8.95. The largest absolute Gasteiger partial charge is 0.462 e. The molecule has 4 aromatic rings. The fourth-order valence-corrected chi connectivity index (χ4v) is 5.52. The van der Waals surface area contributed by atoms with Crippen LogP contribution < -0.4 is 5.32 Å². The van der Waals surface area contributed by atoms with Gasteiger partial charge in [-0.15, -0.1) is 11.3 Å². The van der Waals surface area contributed by atoms with Crippen LogP contribution in [-0.4, -0.2) is 43.5 Å². The topological polar surface area (TPSA) is 99.0 Å². The third-order valence-corrected chi connectivity index (χ3v) is 7.59. The van der Waals surface area contributed by atoms with Crippen molar-refractivity contribution in [3.05, 3.63) is 52.8 Å². The number of fused-ring (bicyclic) bond motifs is 1. The average Bonchev–Trinajstić information content (AvgIpc) is 3.42. The summed E-state index contributed by atoms with van der Waals surface area (Å²) in [6.07, 6.45) is 3.45. The molecule has 4 rings (SSSR count). The number of anilines is 1. The third kappa shape index (κ3) is 4.94.